The summed E-state index contributed by atoms with van der Waals surface area (Å²) in [6, 6.07) is 0. The Kier molecular flexibility index (Phi) is 2.40. The standard InChI is InChI=1S/C12H18F2O/c1-3-11(8(2)15)4-9-6-12(13,14)7-10(9)5-11/h9-10H,3-7H2,1-2H3/t9-,10+,11-. The van der Waals surface area contributed by atoms with Gasteiger partial charge in [0.15, 0.2) is 0 Å². The smallest absolute Gasteiger partial charge is 0.248 e. The maximum atomic E-state index is 13.1. The molecule has 0 aromatic rings. The number of ketones is 1. The van der Waals surface area contributed by atoms with Crippen LogP contribution in [0.4, 0.5) is 8.78 Å². The molecular formula is C12H18F2O. The largest absolute Gasteiger partial charge is 0.299 e. The van der Waals surface area contributed by atoms with E-state index in [2.05, 4.69) is 0 Å². The van der Waals surface area contributed by atoms with Crippen molar-refractivity contribution in [1.29, 1.82) is 0 Å². The highest BCUT2D eigenvalue weighted by atomic mass is 19.3. The molecule has 0 N–H and O–H groups in total. The molecule has 2 aliphatic rings. The van der Waals surface area contributed by atoms with Crippen LogP contribution < -0.4 is 0 Å². The van der Waals surface area contributed by atoms with Gasteiger partial charge in [0.2, 0.25) is 5.92 Å². The average molecular weight is 216 g/mol. The van der Waals surface area contributed by atoms with E-state index >= 15 is 0 Å². The molecule has 0 unspecified atom stereocenters. The van der Waals surface area contributed by atoms with Crippen molar-refractivity contribution in [3.05, 3.63) is 0 Å². The van der Waals surface area contributed by atoms with Crippen LogP contribution in [-0.4, -0.2) is 11.7 Å². The second-order valence-corrected chi connectivity index (χ2v) is 5.38. The van der Waals surface area contributed by atoms with Crippen molar-refractivity contribution < 1.29 is 13.6 Å². The second-order valence-electron chi connectivity index (χ2n) is 5.38. The van der Waals surface area contributed by atoms with Crippen molar-refractivity contribution in [3.8, 4) is 0 Å². The monoisotopic (exact) mass is 216 g/mol. The summed E-state index contributed by atoms with van der Waals surface area (Å²) in [6.45, 7) is 3.61. The van der Waals surface area contributed by atoms with Crippen molar-refractivity contribution in [2.75, 3.05) is 0 Å². The minimum absolute atomic E-state index is 0.00664. The van der Waals surface area contributed by atoms with E-state index in [1.807, 2.05) is 6.92 Å². The zero-order chi connectivity index (χ0) is 11.3. The van der Waals surface area contributed by atoms with E-state index in [-0.39, 0.29) is 35.9 Å². The molecule has 0 saturated heterocycles. The van der Waals surface area contributed by atoms with Crippen LogP contribution in [0.5, 0.6) is 0 Å². The van der Waals surface area contributed by atoms with Gasteiger partial charge in [0.25, 0.3) is 0 Å². The molecule has 2 aliphatic carbocycles. The Morgan fingerprint density at radius 1 is 1.20 bits per heavy atom. The summed E-state index contributed by atoms with van der Waals surface area (Å²) in [5.41, 5.74) is -0.272. The molecule has 0 aromatic heterocycles. The van der Waals surface area contributed by atoms with Gasteiger partial charge in [0, 0.05) is 18.3 Å². The third kappa shape index (κ3) is 1.70. The number of Topliss-reactive ketones (excluding diaryl/α,β-unsaturated/α-hetero) is 1. The first-order chi connectivity index (χ1) is 6.88. The maximum Gasteiger partial charge on any atom is 0.248 e. The van der Waals surface area contributed by atoms with Gasteiger partial charge in [-0.1, -0.05) is 6.92 Å². The lowest BCUT2D eigenvalue weighted by Gasteiger charge is -2.26. The number of fused-ring (bicyclic) bond motifs is 1. The molecule has 0 amide bonds. The lowest BCUT2D eigenvalue weighted by atomic mass is 9.77. The molecule has 2 rings (SSSR count). The molecule has 2 fully saturated rings. The highest BCUT2D eigenvalue weighted by Crippen LogP contribution is 2.58. The molecule has 3 heteroatoms. The summed E-state index contributed by atoms with van der Waals surface area (Å²) in [7, 11) is 0. The van der Waals surface area contributed by atoms with E-state index in [9.17, 15) is 13.6 Å². The average Bonchev–Trinajstić information content (AvgIpc) is 2.55. The molecule has 1 nitrogen and oxygen atoms in total. The van der Waals surface area contributed by atoms with Gasteiger partial charge in [0.1, 0.15) is 5.78 Å². The number of halogens is 2. The van der Waals surface area contributed by atoms with Gasteiger partial charge in [-0.15, -0.1) is 0 Å². The predicted molar refractivity (Wildman–Crippen MR) is 53.8 cm³/mol. The minimum Gasteiger partial charge on any atom is -0.299 e. The zero-order valence-electron chi connectivity index (χ0n) is 9.35. The van der Waals surface area contributed by atoms with Crippen LogP contribution in [0, 0.1) is 17.3 Å². The summed E-state index contributed by atoms with van der Waals surface area (Å²) in [5, 5.41) is 0. The van der Waals surface area contributed by atoms with Crippen LogP contribution in [-0.2, 0) is 4.79 Å². The molecular weight excluding hydrogens is 198 g/mol. The number of carbonyl (C=O) groups is 1. The second kappa shape index (κ2) is 3.26. The van der Waals surface area contributed by atoms with Gasteiger partial charge in [0.05, 0.1) is 0 Å². The first-order valence-corrected chi connectivity index (χ1v) is 5.77. The molecule has 15 heavy (non-hydrogen) atoms. The molecule has 2 saturated carbocycles. The third-order valence-electron chi connectivity index (χ3n) is 4.52. The lowest BCUT2D eigenvalue weighted by molar-refractivity contribution is -0.127. The van der Waals surface area contributed by atoms with Crippen LogP contribution in [0.25, 0.3) is 0 Å². The Balaban J connectivity index is 2.13. The molecule has 3 atom stereocenters. The quantitative estimate of drug-likeness (QED) is 0.691. The molecule has 0 bridgehead atoms. The fourth-order valence-electron chi connectivity index (χ4n) is 3.57. The summed E-state index contributed by atoms with van der Waals surface area (Å²) in [5.74, 6) is -2.10. The van der Waals surface area contributed by atoms with Gasteiger partial charge >= 0.3 is 0 Å². The molecule has 0 radical (unpaired) electrons. The molecule has 0 heterocycles. The van der Waals surface area contributed by atoms with Crippen molar-refractivity contribution in [2.24, 2.45) is 17.3 Å². The predicted octanol–water partition coefficient (Wildman–Crippen LogP) is 3.43. The Morgan fingerprint density at radius 3 is 2.00 bits per heavy atom. The Bertz CT molecular complexity index is 269. The Labute approximate surface area is 89.2 Å². The highest BCUT2D eigenvalue weighted by Gasteiger charge is 2.56. The molecule has 0 aliphatic heterocycles. The Morgan fingerprint density at radius 2 is 1.67 bits per heavy atom. The van der Waals surface area contributed by atoms with Gasteiger partial charge in [-0.05, 0) is 38.0 Å². The molecule has 0 spiro atoms. The van der Waals surface area contributed by atoms with E-state index in [0.717, 1.165) is 6.42 Å². The van der Waals surface area contributed by atoms with Crippen LogP contribution in [0.1, 0.15) is 46.0 Å². The van der Waals surface area contributed by atoms with E-state index in [4.69, 9.17) is 0 Å². The van der Waals surface area contributed by atoms with E-state index in [0.29, 0.717) is 12.8 Å². The third-order valence-corrected chi connectivity index (χ3v) is 4.52. The van der Waals surface area contributed by atoms with E-state index < -0.39 is 5.92 Å². The first-order valence-electron chi connectivity index (χ1n) is 5.77. The van der Waals surface area contributed by atoms with Crippen molar-refractivity contribution in [3.63, 3.8) is 0 Å². The number of alkyl halides is 2. The van der Waals surface area contributed by atoms with Crippen molar-refractivity contribution in [1.82, 2.24) is 0 Å². The SMILES string of the molecule is CC[C@]1(C(C)=O)C[C@H]2CC(F)(F)C[C@H]2C1. The lowest BCUT2D eigenvalue weighted by Crippen LogP contribution is -2.27. The van der Waals surface area contributed by atoms with Gasteiger partial charge in [-0.3, -0.25) is 4.79 Å². The summed E-state index contributed by atoms with van der Waals surface area (Å²) in [6.07, 6.45) is 2.21. The number of rotatable bonds is 2. The number of hydrogen-bond acceptors (Lipinski definition) is 1. The summed E-state index contributed by atoms with van der Waals surface area (Å²) in [4.78, 5) is 11.6. The van der Waals surface area contributed by atoms with Crippen molar-refractivity contribution in [2.45, 2.75) is 51.9 Å². The molecule has 86 valence electrons. The van der Waals surface area contributed by atoms with E-state index in [1.54, 1.807) is 6.92 Å². The van der Waals surface area contributed by atoms with Gasteiger partial charge < -0.3 is 0 Å². The fourth-order valence-corrected chi connectivity index (χ4v) is 3.57. The van der Waals surface area contributed by atoms with Crippen LogP contribution in [0.2, 0.25) is 0 Å². The minimum atomic E-state index is -2.47. The normalized spacial score (nSPS) is 42.9. The fraction of sp³-hybridized carbons (Fsp3) is 0.917. The van der Waals surface area contributed by atoms with Gasteiger partial charge in [-0.25, -0.2) is 8.78 Å². The first kappa shape index (κ1) is 11.0. The zero-order valence-corrected chi connectivity index (χ0v) is 9.35. The molecule has 0 aromatic carbocycles. The topological polar surface area (TPSA) is 17.1 Å². The number of hydrogen-bond donors (Lipinski definition) is 0. The highest BCUT2D eigenvalue weighted by molar-refractivity contribution is 5.82. The summed E-state index contributed by atoms with van der Waals surface area (Å²) >= 11 is 0. The van der Waals surface area contributed by atoms with E-state index in [1.165, 1.54) is 0 Å². The maximum absolute atomic E-state index is 13.1. The number of carbonyl (C=O) groups excluding carboxylic acids is 1. The van der Waals surface area contributed by atoms with Crippen LogP contribution >= 0.6 is 0 Å². The van der Waals surface area contributed by atoms with Crippen LogP contribution in [0.3, 0.4) is 0 Å². The van der Waals surface area contributed by atoms with Gasteiger partial charge in [-0.2, -0.15) is 0 Å². The Hall–Kier alpha value is -0.470. The van der Waals surface area contributed by atoms with Crippen molar-refractivity contribution >= 4 is 5.78 Å². The summed E-state index contributed by atoms with van der Waals surface area (Å²) < 4.78 is 26.3. The van der Waals surface area contributed by atoms with Crippen LogP contribution in [0.15, 0.2) is 0 Å².